The van der Waals surface area contributed by atoms with Gasteiger partial charge in [-0.05, 0) is 38.5 Å². The maximum Gasteiger partial charge on any atom is 0.411 e. The highest BCUT2D eigenvalue weighted by molar-refractivity contribution is 7.89. The Bertz CT molecular complexity index is 633. The Balaban J connectivity index is 2.97. The lowest BCUT2D eigenvalue weighted by atomic mass is 10.3. The summed E-state index contributed by atoms with van der Waals surface area (Å²) in [5, 5.41) is 2.49. The van der Waals surface area contributed by atoms with Crippen molar-refractivity contribution in [3.8, 4) is 5.75 Å². The molecule has 24 heavy (non-hydrogen) atoms. The van der Waals surface area contributed by atoms with Crippen LogP contribution in [-0.2, 0) is 19.5 Å². The van der Waals surface area contributed by atoms with Crippen LogP contribution in [-0.4, -0.2) is 48.0 Å². The van der Waals surface area contributed by atoms with Crippen molar-refractivity contribution in [2.75, 3.05) is 38.8 Å². The first-order valence-electron chi connectivity index (χ1n) is 7.63. The van der Waals surface area contributed by atoms with Crippen molar-refractivity contribution in [3.63, 3.8) is 0 Å². The van der Waals surface area contributed by atoms with Gasteiger partial charge >= 0.3 is 6.09 Å². The molecule has 136 valence electrons. The zero-order chi connectivity index (χ0) is 18.0. The van der Waals surface area contributed by atoms with Crippen molar-refractivity contribution in [1.29, 1.82) is 0 Å². The van der Waals surface area contributed by atoms with Crippen molar-refractivity contribution >= 4 is 21.8 Å². The largest absolute Gasteiger partial charge is 0.492 e. The van der Waals surface area contributed by atoms with Gasteiger partial charge in [0.2, 0.25) is 10.0 Å². The molecule has 1 aromatic carbocycles. The van der Waals surface area contributed by atoms with Gasteiger partial charge in [0.05, 0.1) is 23.8 Å². The second kappa shape index (κ2) is 10.1. The molecular formula is C15H24N2O6S. The summed E-state index contributed by atoms with van der Waals surface area (Å²) in [6, 6.07) is 4.25. The zero-order valence-corrected chi connectivity index (χ0v) is 14.9. The van der Waals surface area contributed by atoms with E-state index in [0.29, 0.717) is 25.4 Å². The summed E-state index contributed by atoms with van der Waals surface area (Å²) >= 11 is 0. The van der Waals surface area contributed by atoms with E-state index in [0.717, 1.165) is 0 Å². The Morgan fingerprint density at radius 2 is 1.96 bits per heavy atom. The summed E-state index contributed by atoms with van der Waals surface area (Å²) in [5.74, 6) is 0.365. The molecule has 0 aliphatic rings. The van der Waals surface area contributed by atoms with E-state index in [-0.39, 0.29) is 23.7 Å². The van der Waals surface area contributed by atoms with Crippen LogP contribution in [0.1, 0.15) is 20.3 Å². The fourth-order valence-electron chi connectivity index (χ4n) is 1.84. The summed E-state index contributed by atoms with van der Waals surface area (Å²) in [6.45, 7) is 4.75. The van der Waals surface area contributed by atoms with E-state index in [2.05, 4.69) is 10.0 Å². The van der Waals surface area contributed by atoms with Crippen LogP contribution in [0.15, 0.2) is 23.1 Å². The number of rotatable bonds is 10. The highest BCUT2D eigenvalue weighted by atomic mass is 32.2. The number of nitrogens with one attached hydrogen (secondary N) is 2. The molecule has 1 aromatic rings. The molecule has 0 fully saturated rings. The van der Waals surface area contributed by atoms with Gasteiger partial charge in [-0.1, -0.05) is 0 Å². The minimum Gasteiger partial charge on any atom is -0.492 e. The maximum absolute atomic E-state index is 12.3. The average molecular weight is 360 g/mol. The maximum atomic E-state index is 12.3. The van der Waals surface area contributed by atoms with Crippen molar-refractivity contribution in [2.45, 2.75) is 25.2 Å². The van der Waals surface area contributed by atoms with Gasteiger partial charge in [0.1, 0.15) is 5.75 Å². The first kappa shape index (κ1) is 20.2. The van der Waals surface area contributed by atoms with Crippen LogP contribution in [0, 0.1) is 0 Å². The fourth-order valence-corrected chi connectivity index (χ4v) is 2.94. The first-order valence-corrected chi connectivity index (χ1v) is 9.12. The molecule has 0 radical (unpaired) electrons. The number of sulfonamides is 1. The van der Waals surface area contributed by atoms with Gasteiger partial charge in [-0.2, -0.15) is 0 Å². The quantitative estimate of drug-likeness (QED) is 0.618. The van der Waals surface area contributed by atoms with Gasteiger partial charge < -0.3 is 14.2 Å². The Kier molecular flexibility index (Phi) is 8.51. The molecule has 0 saturated heterocycles. The molecule has 1 amide bonds. The fraction of sp³-hybridized carbons (Fsp3) is 0.533. The molecule has 0 aliphatic heterocycles. The number of benzene rings is 1. The van der Waals surface area contributed by atoms with E-state index < -0.39 is 16.1 Å². The third-order valence-electron chi connectivity index (χ3n) is 2.89. The highest BCUT2D eigenvalue weighted by Gasteiger charge is 2.17. The molecule has 0 unspecified atom stereocenters. The lowest BCUT2D eigenvalue weighted by Crippen LogP contribution is -2.25. The van der Waals surface area contributed by atoms with E-state index in [9.17, 15) is 13.2 Å². The summed E-state index contributed by atoms with van der Waals surface area (Å²) in [7, 11) is -2.15. The van der Waals surface area contributed by atoms with E-state index >= 15 is 0 Å². The number of carbonyl (C=O) groups excluding carboxylic acids is 1. The van der Waals surface area contributed by atoms with E-state index in [1.54, 1.807) is 21.0 Å². The van der Waals surface area contributed by atoms with Crippen LogP contribution in [0.3, 0.4) is 0 Å². The van der Waals surface area contributed by atoms with Crippen LogP contribution in [0.25, 0.3) is 0 Å². The van der Waals surface area contributed by atoms with E-state index in [1.807, 2.05) is 0 Å². The molecule has 9 heteroatoms. The lowest BCUT2D eigenvalue weighted by molar-refractivity contribution is 0.167. The third kappa shape index (κ3) is 6.34. The number of amides is 1. The van der Waals surface area contributed by atoms with Gasteiger partial charge in [-0.25, -0.2) is 17.9 Å². The van der Waals surface area contributed by atoms with Gasteiger partial charge in [0.15, 0.2) is 0 Å². The lowest BCUT2D eigenvalue weighted by Gasteiger charge is -2.13. The van der Waals surface area contributed by atoms with Crippen LogP contribution in [0.5, 0.6) is 5.75 Å². The standard InChI is InChI=1S/C15H24N2O6S/c1-4-22-14-8-7-12(11-13(14)17-15(18)23-5-2)24(19,20)16-9-6-10-21-3/h7-8,11,16H,4-6,9-10H2,1-3H3,(H,17,18). The number of carbonyl (C=O) groups is 1. The van der Waals surface area contributed by atoms with Crippen LogP contribution in [0.4, 0.5) is 10.5 Å². The number of hydrogen-bond donors (Lipinski definition) is 2. The molecule has 0 aromatic heterocycles. The molecule has 2 N–H and O–H groups in total. The third-order valence-corrected chi connectivity index (χ3v) is 4.35. The molecule has 0 heterocycles. The monoisotopic (exact) mass is 360 g/mol. The number of anilines is 1. The molecule has 8 nitrogen and oxygen atoms in total. The van der Waals surface area contributed by atoms with Crippen molar-refractivity contribution in [1.82, 2.24) is 4.72 Å². The minimum absolute atomic E-state index is 0.0233. The molecule has 1 rings (SSSR count). The second-order valence-corrected chi connectivity index (χ2v) is 6.45. The molecule has 0 atom stereocenters. The summed E-state index contributed by atoms with van der Waals surface area (Å²) < 4.78 is 42.1. The molecule has 0 saturated carbocycles. The number of ether oxygens (including phenoxy) is 3. The number of hydrogen-bond acceptors (Lipinski definition) is 6. The Morgan fingerprint density at radius 3 is 2.58 bits per heavy atom. The predicted octanol–water partition coefficient (Wildman–Crippen LogP) is 1.97. The van der Waals surface area contributed by atoms with Crippen LogP contribution in [0.2, 0.25) is 0 Å². The normalized spacial score (nSPS) is 11.1. The van der Waals surface area contributed by atoms with Gasteiger partial charge in [0, 0.05) is 20.3 Å². The second-order valence-electron chi connectivity index (χ2n) is 4.68. The molecule has 0 aliphatic carbocycles. The summed E-state index contributed by atoms with van der Waals surface area (Å²) in [4.78, 5) is 11.6. The first-order chi connectivity index (χ1) is 11.4. The van der Waals surface area contributed by atoms with E-state index in [4.69, 9.17) is 14.2 Å². The van der Waals surface area contributed by atoms with Crippen molar-refractivity contribution < 1.29 is 27.4 Å². The predicted molar refractivity (Wildman–Crippen MR) is 89.9 cm³/mol. The van der Waals surface area contributed by atoms with Crippen LogP contribution >= 0.6 is 0 Å². The summed E-state index contributed by atoms with van der Waals surface area (Å²) in [5.41, 5.74) is 0.232. The molecule has 0 bridgehead atoms. The molecule has 0 spiro atoms. The Morgan fingerprint density at radius 1 is 1.21 bits per heavy atom. The topological polar surface area (TPSA) is 103 Å². The molecular weight excluding hydrogens is 336 g/mol. The highest BCUT2D eigenvalue weighted by Crippen LogP contribution is 2.28. The van der Waals surface area contributed by atoms with Crippen molar-refractivity contribution in [2.24, 2.45) is 0 Å². The van der Waals surface area contributed by atoms with Gasteiger partial charge in [0.25, 0.3) is 0 Å². The van der Waals surface area contributed by atoms with Crippen LogP contribution < -0.4 is 14.8 Å². The van der Waals surface area contributed by atoms with Crippen molar-refractivity contribution in [3.05, 3.63) is 18.2 Å². The Hall–Kier alpha value is -1.84. The van der Waals surface area contributed by atoms with Gasteiger partial charge in [-0.15, -0.1) is 0 Å². The minimum atomic E-state index is -3.70. The smallest absolute Gasteiger partial charge is 0.411 e. The number of methoxy groups -OCH3 is 1. The van der Waals surface area contributed by atoms with Gasteiger partial charge in [-0.3, -0.25) is 5.32 Å². The average Bonchev–Trinajstić information content (AvgIpc) is 2.53. The summed E-state index contributed by atoms with van der Waals surface area (Å²) in [6.07, 6.45) is -0.123. The van der Waals surface area contributed by atoms with E-state index in [1.165, 1.54) is 18.2 Å². The SMILES string of the molecule is CCOC(=O)Nc1cc(S(=O)(=O)NCCCOC)ccc1OCC. The Labute approximate surface area is 142 Å². The zero-order valence-electron chi connectivity index (χ0n) is 14.1.